The SMILES string of the molecule is CCCCCCCCc1nc(C(Cl)CCC)no1. The fraction of sp³-hybridized carbons (Fsp3) is 0.857. The predicted octanol–water partition coefficient (Wildman–Crippen LogP) is 5.05. The van der Waals surface area contributed by atoms with Gasteiger partial charge in [-0.25, -0.2) is 0 Å². The molecule has 0 amide bonds. The molecule has 0 N–H and O–H groups in total. The average molecular weight is 273 g/mol. The van der Waals surface area contributed by atoms with E-state index in [-0.39, 0.29) is 5.38 Å². The molecule has 0 radical (unpaired) electrons. The smallest absolute Gasteiger partial charge is 0.226 e. The molecule has 0 aliphatic carbocycles. The Labute approximate surface area is 115 Å². The molecule has 0 saturated heterocycles. The van der Waals surface area contributed by atoms with E-state index in [0.717, 1.165) is 31.6 Å². The minimum absolute atomic E-state index is 0.0999. The molecule has 4 heteroatoms. The number of rotatable bonds is 10. The van der Waals surface area contributed by atoms with Crippen LogP contribution in [0.25, 0.3) is 0 Å². The molecule has 3 nitrogen and oxygen atoms in total. The van der Waals surface area contributed by atoms with Gasteiger partial charge in [-0.2, -0.15) is 4.98 Å². The van der Waals surface area contributed by atoms with Gasteiger partial charge < -0.3 is 4.52 Å². The van der Waals surface area contributed by atoms with Gasteiger partial charge in [0.25, 0.3) is 0 Å². The molecule has 18 heavy (non-hydrogen) atoms. The van der Waals surface area contributed by atoms with Gasteiger partial charge in [-0.3, -0.25) is 0 Å². The van der Waals surface area contributed by atoms with Crippen molar-refractivity contribution in [2.75, 3.05) is 0 Å². The molecule has 0 aliphatic heterocycles. The summed E-state index contributed by atoms with van der Waals surface area (Å²) in [4.78, 5) is 4.35. The van der Waals surface area contributed by atoms with Crippen molar-refractivity contribution in [1.82, 2.24) is 10.1 Å². The third-order valence-electron chi connectivity index (χ3n) is 3.05. The normalized spacial score (nSPS) is 12.8. The van der Waals surface area contributed by atoms with Gasteiger partial charge >= 0.3 is 0 Å². The van der Waals surface area contributed by atoms with Crippen molar-refractivity contribution in [3.05, 3.63) is 11.7 Å². The first-order chi connectivity index (χ1) is 8.77. The van der Waals surface area contributed by atoms with Crippen molar-refractivity contribution in [1.29, 1.82) is 0 Å². The quantitative estimate of drug-likeness (QED) is 0.442. The molecule has 0 spiro atoms. The van der Waals surface area contributed by atoms with Crippen LogP contribution in [0, 0.1) is 0 Å². The summed E-state index contributed by atoms with van der Waals surface area (Å²) in [5.41, 5.74) is 0. The van der Waals surface area contributed by atoms with Gasteiger partial charge in [0.1, 0.15) is 0 Å². The van der Waals surface area contributed by atoms with Crippen molar-refractivity contribution < 1.29 is 4.52 Å². The van der Waals surface area contributed by atoms with Crippen LogP contribution < -0.4 is 0 Å². The molecule has 0 aliphatic rings. The number of hydrogen-bond acceptors (Lipinski definition) is 3. The highest BCUT2D eigenvalue weighted by molar-refractivity contribution is 6.20. The molecule has 0 bridgehead atoms. The third-order valence-corrected chi connectivity index (χ3v) is 3.46. The molecule has 0 fully saturated rings. The molecule has 1 heterocycles. The summed E-state index contributed by atoms with van der Waals surface area (Å²) >= 11 is 6.15. The number of aryl methyl sites for hydroxylation is 1. The van der Waals surface area contributed by atoms with Crippen LogP contribution in [0.15, 0.2) is 4.52 Å². The zero-order valence-electron chi connectivity index (χ0n) is 11.6. The highest BCUT2D eigenvalue weighted by Gasteiger charge is 2.14. The van der Waals surface area contributed by atoms with Crippen LogP contribution in [-0.2, 0) is 6.42 Å². The van der Waals surface area contributed by atoms with Crippen molar-refractivity contribution in [2.24, 2.45) is 0 Å². The lowest BCUT2D eigenvalue weighted by atomic mass is 10.1. The van der Waals surface area contributed by atoms with Crippen molar-refractivity contribution in [3.63, 3.8) is 0 Å². The lowest BCUT2D eigenvalue weighted by Gasteiger charge is -1.99. The molecule has 1 atom stereocenters. The van der Waals surface area contributed by atoms with E-state index in [0.29, 0.717) is 5.82 Å². The number of halogens is 1. The number of hydrogen-bond donors (Lipinski definition) is 0. The Bertz CT molecular complexity index is 314. The van der Waals surface area contributed by atoms with Gasteiger partial charge in [0, 0.05) is 6.42 Å². The van der Waals surface area contributed by atoms with E-state index >= 15 is 0 Å². The Morgan fingerprint density at radius 2 is 1.78 bits per heavy atom. The summed E-state index contributed by atoms with van der Waals surface area (Å²) in [5.74, 6) is 1.39. The van der Waals surface area contributed by atoms with Crippen molar-refractivity contribution in [3.8, 4) is 0 Å². The van der Waals surface area contributed by atoms with Crippen LogP contribution in [0.1, 0.15) is 82.3 Å². The highest BCUT2D eigenvalue weighted by Crippen LogP contribution is 2.22. The monoisotopic (exact) mass is 272 g/mol. The number of unbranched alkanes of at least 4 members (excludes halogenated alkanes) is 5. The number of aromatic nitrogens is 2. The second-order valence-corrected chi connectivity index (χ2v) is 5.35. The van der Waals surface area contributed by atoms with E-state index in [9.17, 15) is 0 Å². The predicted molar refractivity (Wildman–Crippen MR) is 74.9 cm³/mol. The maximum absolute atomic E-state index is 6.15. The maximum Gasteiger partial charge on any atom is 0.226 e. The summed E-state index contributed by atoms with van der Waals surface area (Å²) in [6, 6.07) is 0. The van der Waals surface area contributed by atoms with E-state index in [2.05, 4.69) is 24.0 Å². The van der Waals surface area contributed by atoms with Crippen molar-refractivity contribution in [2.45, 2.75) is 77.0 Å². The van der Waals surface area contributed by atoms with Crippen LogP contribution in [0.5, 0.6) is 0 Å². The lowest BCUT2D eigenvalue weighted by Crippen LogP contribution is -1.93. The fourth-order valence-electron chi connectivity index (χ4n) is 1.94. The Morgan fingerprint density at radius 1 is 1.06 bits per heavy atom. The molecule has 1 aromatic rings. The first-order valence-corrected chi connectivity index (χ1v) is 7.68. The van der Waals surface area contributed by atoms with E-state index in [1.807, 2.05) is 0 Å². The number of alkyl halides is 1. The highest BCUT2D eigenvalue weighted by atomic mass is 35.5. The zero-order valence-corrected chi connectivity index (χ0v) is 12.4. The van der Waals surface area contributed by atoms with Gasteiger partial charge in [-0.1, -0.05) is 57.5 Å². The summed E-state index contributed by atoms with van der Waals surface area (Å²) in [7, 11) is 0. The average Bonchev–Trinajstić information content (AvgIpc) is 2.83. The van der Waals surface area contributed by atoms with E-state index in [4.69, 9.17) is 16.1 Å². The van der Waals surface area contributed by atoms with Crippen LogP contribution in [-0.4, -0.2) is 10.1 Å². The van der Waals surface area contributed by atoms with E-state index < -0.39 is 0 Å². The van der Waals surface area contributed by atoms with Gasteiger partial charge in [-0.05, 0) is 12.8 Å². The Kier molecular flexibility index (Phi) is 8.06. The summed E-state index contributed by atoms with van der Waals surface area (Å²) < 4.78 is 5.21. The first-order valence-electron chi connectivity index (χ1n) is 7.24. The minimum Gasteiger partial charge on any atom is -0.339 e. The summed E-state index contributed by atoms with van der Waals surface area (Å²) in [6.07, 6.45) is 10.5. The summed E-state index contributed by atoms with van der Waals surface area (Å²) in [6.45, 7) is 4.34. The Balaban J connectivity index is 2.19. The standard InChI is InChI=1S/C14H25ClN2O/c1-3-5-6-7-8-9-11-13-16-14(17-18-13)12(15)10-4-2/h12H,3-11H2,1-2H3. The molecular formula is C14H25ClN2O. The van der Waals surface area contributed by atoms with Crippen LogP contribution in [0.4, 0.5) is 0 Å². The van der Waals surface area contributed by atoms with Gasteiger partial charge in [0.05, 0.1) is 5.38 Å². The van der Waals surface area contributed by atoms with Crippen LogP contribution >= 0.6 is 11.6 Å². The molecule has 0 aromatic carbocycles. The van der Waals surface area contributed by atoms with Crippen LogP contribution in [0.3, 0.4) is 0 Å². The second kappa shape index (κ2) is 9.37. The lowest BCUT2D eigenvalue weighted by molar-refractivity contribution is 0.367. The topological polar surface area (TPSA) is 38.9 Å². The van der Waals surface area contributed by atoms with E-state index in [1.54, 1.807) is 0 Å². The first kappa shape index (κ1) is 15.5. The molecule has 104 valence electrons. The van der Waals surface area contributed by atoms with Gasteiger partial charge in [0.2, 0.25) is 5.89 Å². The van der Waals surface area contributed by atoms with E-state index in [1.165, 1.54) is 32.1 Å². The molecule has 1 rings (SSSR count). The van der Waals surface area contributed by atoms with Crippen LogP contribution in [0.2, 0.25) is 0 Å². The van der Waals surface area contributed by atoms with Gasteiger partial charge in [0.15, 0.2) is 5.82 Å². The largest absolute Gasteiger partial charge is 0.339 e. The maximum atomic E-state index is 6.15. The summed E-state index contributed by atoms with van der Waals surface area (Å²) in [5, 5.41) is 3.85. The van der Waals surface area contributed by atoms with Gasteiger partial charge in [-0.15, -0.1) is 11.6 Å². The molecule has 0 saturated carbocycles. The molecule has 1 aromatic heterocycles. The third kappa shape index (κ3) is 5.85. The van der Waals surface area contributed by atoms with Crippen molar-refractivity contribution >= 4 is 11.6 Å². The Hall–Kier alpha value is -0.570. The number of nitrogens with zero attached hydrogens (tertiary/aromatic N) is 2. The molecule has 1 unspecified atom stereocenters. The Morgan fingerprint density at radius 3 is 2.50 bits per heavy atom. The molecular weight excluding hydrogens is 248 g/mol. The zero-order chi connectivity index (χ0) is 13.2. The second-order valence-electron chi connectivity index (χ2n) is 4.82. The minimum atomic E-state index is -0.0999. The fourth-order valence-corrected chi connectivity index (χ4v) is 2.24.